The Labute approximate surface area is 74.1 Å². The van der Waals surface area contributed by atoms with Gasteiger partial charge in [0.2, 0.25) is 10.0 Å². The normalized spacial score (nSPS) is 10.3. The van der Waals surface area contributed by atoms with Crippen molar-refractivity contribution in [3.63, 3.8) is 0 Å². The van der Waals surface area contributed by atoms with Crippen molar-refractivity contribution in [3.05, 3.63) is 0 Å². The third-order valence-corrected chi connectivity index (χ3v) is 2.41. The Balaban J connectivity index is 0. The zero-order valence-electron chi connectivity index (χ0n) is 5.59. The molecule has 0 bridgehead atoms. The van der Waals surface area contributed by atoms with Crippen molar-refractivity contribution in [1.29, 1.82) is 0 Å². The summed E-state index contributed by atoms with van der Waals surface area (Å²) in [5.41, 5.74) is 0. The first-order valence-corrected chi connectivity index (χ1v) is 3.93. The quantitative estimate of drug-likeness (QED) is 0.552. The van der Waals surface area contributed by atoms with Gasteiger partial charge in [-0.25, -0.2) is 8.42 Å². The van der Waals surface area contributed by atoms with Crippen LogP contribution in [0.5, 0.6) is 0 Å². The molecule has 0 aromatic carbocycles. The van der Waals surface area contributed by atoms with E-state index in [-0.39, 0.29) is 20.4 Å². The van der Waals surface area contributed by atoms with Crippen LogP contribution in [0.25, 0.3) is 0 Å². The van der Waals surface area contributed by atoms with Crippen molar-refractivity contribution < 1.29 is 33.6 Å². The standard InChI is InChI=1S/C4H8NO3S.Re/c1-4(2)9(7,8)5-3-6;/h4H,1-2H3,(H,5,6);/q-1;. The minimum absolute atomic E-state index is 0. The molecule has 0 unspecified atom stereocenters. The van der Waals surface area contributed by atoms with E-state index in [4.69, 9.17) is 0 Å². The van der Waals surface area contributed by atoms with Gasteiger partial charge in [-0.3, -0.25) is 0 Å². The molecule has 0 fully saturated rings. The fraction of sp³-hybridized carbons (Fsp3) is 0.750. The van der Waals surface area contributed by atoms with E-state index >= 15 is 0 Å². The minimum atomic E-state index is -3.42. The molecular formula is C4H8NO3ReS-. The molecule has 4 nitrogen and oxygen atoms in total. The summed E-state index contributed by atoms with van der Waals surface area (Å²) in [6, 6.07) is 0. The Bertz CT molecular complexity index is 187. The van der Waals surface area contributed by atoms with Gasteiger partial charge in [-0.05, 0) is 13.8 Å². The summed E-state index contributed by atoms with van der Waals surface area (Å²) in [5, 5.41) is -0.584. The second kappa shape index (κ2) is 4.83. The van der Waals surface area contributed by atoms with E-state index in [0.29, 0.717) is 0 Å². The van der Waals surface area contributed by atoms with E-state index in [1.165, 1.54) is 13.8 Å². The average molecular weight is 336 g/mol. The molecule has 0 spiro atoms. The first kappa shape index (κ1) is 12.7. The molecule has 10 heavy (non-hydrogen) atoms. The third kappa shape index (κ3) is 3.99. The maximum absolute atomic E-state index is 10.6. The minimum Gasteiger partial charge on any atom is -0.519 e. The van der Waals surface area contributed by atoms with Gasteiger partial charge < -0.3 is 9.52 Å². The van der Waals surface area contributed by atoms with Gasteiger partial charge in [0.25, 0.3) is 0 Å². The molecule has 6 heteroatoms. The van der Waals surface area contributed by atoms with Gasteiger partial charge >= 0.3 is 0 Å². The van der Waals surface area contributed by atoms with Crippen molar-refractivity contribution >= 4 is 16.4 Å². The summed E-state index contributed by atoms with van der Waals surface area (Å²) in [5.74, 6) is 0. The van der Waals surface area contributed by atoms with Gasteiger partial charge in [0.15, 0.2) is 0 Å². The first-order valence-electron chi connectivity index (χ1n) is 2.38. The molecule has 0 aliphatic rings. The predicted molar refractivity (Wildman–Crippen MR) is 32.9 cm³/mol. The van der Waals surface area contributed by atoms with E-state index in [0.717, 1.165) is 6.41 Å². The number of rotatable bonds is 3. The summed E-state index contributed by atoms with van der Waals surface area (Å²) in [4.78, 5) is 9.51. The van der Waals surface area contributed by atoms with Gasteiger partial charge in [0.1, 0.15) is 0 Å². The van der Waals surface area contributed by atoms with Crippen LogP contribution in [0.4, 0.5) is 0 Å². The number of hydrogen-bond acceptors (Lipinski definition) is 3. The first-order chi connectivity index (χ1) is 4.00. The Kier molecular flexibility index (Phi) is 6.15. The molecule has 1 N–H and O–H groups in total. The van der Waals surface area contributed by atoms with E-state index in [9.17, 15) is 13.2 Å². The van der Waals surface area contributed by atoms with Crippen LogP contribution in [-0.2, 0) is 35.2 Å². The number of hydrogen-bond donors (Lipinski definition) is 1. The summed E-state index contributed by atoms with van der Waals surface area (Å²) >= 11 is 0. The predicted octanol–water partition coefficient (Wildman–Crippen LogP) is -0.621. The number of carbonyl (C=O) groups excluding carboxylic acids is 1. The topological polar surface area (TPSA) is 63.2 Å². The molecule has 0 rings (SSSR count). The summed E-state index contributed by atoms with van der Waals surface area (Å²) < 4.78 is 22.7. The maximum atomic E-state index is 10.6. The number of sulfonamides is 1. The Hall–Kier alpha value is 0.0823. The van der Waals surface area contributed by atoms with Gasteiger partial charge in [-0.15, -0.1) is 0 Å². The zero-order valence-corrected chi connectivity index (χ0v) is 9.12. The van der Waals surface area contributed by atoms with Gasteiger partial charge in [-0.1, -0.05) is 0 Å². The van der Waals surface area contributed by atoms with Crippen molar-refractivity contribution in [2.75, 3.05) is 0 Å². The molecule has 1 radical (unpaired) electrons. The Morgan fingerprint density at radius 3 is 1.90 bits per heavy atom. The second-order valence-corrected chi connectivity index (χ2v) is 4.03. The molecule has 0 aliphatic carbocycles. The molecule has 0 heterocycles. The molecule has 0 atom stereocenters. The molecule has 0 aromatic rings. The SMILES string of the molecule is CC(C)S(=O)(=O)N[C-]=O.[Re]. The van der Waals surface area contributed by atoms with Crippen LogP contribution in [0, 0.1) is 0 Å². The Morgan fingerprint density at radius 2 is 1.80 bits per heavy atom. The van der Waals surface area contributed by atoms with Gasteiger partial charge in [-0.2, -0.15) is 6.41 Å². The van der Waals surface area contributed by atoms with Crippen molar-refractivity contribution in [3.8, 4) is 0 Å². The van der Waals surface area contributed by atoms with Crippen molar-refractivity contribution in [2.24, 2.45) is 0 Å². The Morgan fingerprint density at radius 1 is 1.40 bits per heavy atom. The summed E-state index contributed by atoms with van der Waals surface area (Å²) in [6.45, 7) is 2.94. The summed E-state index contributed by atoms with van der Waals surface area (Å²) in [7, 11) is -3.42. The van der Waals surface area contributed by atoms with Crippen LogP contribution in [0.15, 0.2) is 0 Å². The zero-order chi connectivity index (χ0) is 7.49. The second-order valence-electron chi connectivity index (χ2n) is 1.80. The third-order valence-electron chi connectivity index (χ3n) is 0.805. The molecule has 0 aromatic heterocycles. The molecule has 0 saturated heterocycles. The molecule has 0 aliphatic heterocycles. The van der Waals surface area contributed by atoms with Crippen molar-refractivity contribution in [1.82, 2.24) is 4.72 Å². The summed E-state index contributed by atoms with van der Waals surface area (Å²) in [6.07, 6.45) is 1.10. The largest absolute Gasteiger partial charge is 0.519 e. The smallest absolute Gasteiger partial charge is 0.207 e. The van der Waals surface area contributed by atoms with E-state index in [1.54, 1.807) is 4.72 Å². The van der Waals surface area contributed by atoms with Gasteiger partial charge in [0, 0.05) is 20.4 Å². The average Bonchev–Trinajstić information content (AvgIpc) is 1.65. The van der Waals surface area contributed by atoms with E-state index < -0.39 is 15.3 Å². The van der Waals surface area contributed by atoms with E-state index in [1.807, 2.05) is 0 Å². The van der Waals surface area contributed by atoms with Crippen LogP contribution in [0.1, 0.15) is 13.8 Å². The van der Waals surface area contributed by atoms with Gasteiger partial charge in [0.05, 0.1) is 5.25 Å². The molecule has 1 amide bonds. The fourth-order valence-corrected chi connectivity index (χ4v) is 0.528. The van der Waals surface area contributed by atoms with Crippen LogP contribution in [-0.4, -0.2) is 20.1 Å². The molecular weight excluding hydrogens is 328 g/mol. The fourth-order valence-electron chi connectivity index (χ4n) is 0.176. The van der Waals surface area contributed by atoms with Crippen LogP contribution >= 0.6 is 0 Å². The maximum Gasteiger partial charge on any atom is 0.207 e. The van der Waals surface area contributed by atoms with E-state index in [2.05, 4.69) is 0 Å². The molecule has 0 saturated carbocycles. The van der Waals surface area contributed by atoms with Crippen LogP contribution in [0.3, 0.4) is 0 Å². The number of amides is 1. The molecule has 61 valence electrons. The van der Waals surface area contributed by atoms with Crippen LogP contribution in [0.2, 0.25) is 0 Å². The number of nitrogens with one attached hydrogen (secondary N) is 1. The van der Waals surface area contributed by atoms with Crippen LogP contribution < -0.4 is 4.72 Å². The van der Waals surface area contributed by atoms with Crippen molar-refractivity contribution in [2.45, 2.75) is 19.1 Å². The monoisotopic (exact) mass is 337 g/mol.